The van der Waals surface area contributed by atoms with Crippen molar-refractivity contribution in [2.45, 2.75) is 19.5 Å². The molecular formula is C20H21Cl2N3O. The topological polar surface area (TPSA) is 57.2 Å². The van der Waals surface area contributed by atoms with E-state index in [1.165, 1.54) is 0 Å². The van der Waals surface area contributed by atoms with Crippen molar-refractivity contribution < 1.29 is 5.11 Å². The zero-order valence-electron chi connectivity index (χ0n) is 14.4. The molecule has 0 spiro atoms. The van der Waals surface area contributed by atoms with E-state index in [0.29, 0.717) is 11.6 Å². The van der Waals surface area contributed by atoms with E-state index in [-0.39, 0.29) is 24.2 Å². The summed E-state index contributed by atoms with van der Waals surface area (Å²) in [5.74, 6) is 0.265. The van der Waals surface area contributed by atoms with Crippen molar-refractivity contribution in [3.05, 3.63) is 71.9 Å². The Bertz CT molecular complexity index is 915. The third-order valence-corrected chi connectivity index (χ3v) is 4.27. The van der Waals surface area contributed by atoms with Crippen LogP contribution in [-0.2, 0) is 6.54 Å². The summed E-state index contributed by atoms with van der Waals surface area (Å²) in [4.78, 5) is 4.35. The minimum absolute atomic E-state index is 0. The number of hydrogen-bond donors (Lipinski definition) is 3. The Balaban J connectivity index is 0.00000243. The van der Waals surface area contributed by atoms with E-state index < -0.39 is 0 Å². The molecular weight excluding hydrogens is 369 g/mol. The molecule has 0 aliphatic heterocycles. The van der Waals surface area contributed by atoms with Gasteiger partial charge in [-0.1, -0.05) is 17.7 Å². The molecule has 0 aliphatic carbocycles. The molecule has 0 bridgehead atoms. The number of halogens is 2. The largest absolute Gasteiger partial charge is 0.508 e. The van der Waals surface area contributed by atoms with E-state index in [4.69, 9.17) is 11.6 Å². The van der Waals surface area contributed by atoms with Gasteiger partial charge in [-0.05, 0) is 49.4 Å². The maximum Gasteiger partial charge on any atom is 0.120 e. The molecule has 26 heavy (non-hydrogen) atoms. The highest BCUT2D eigenvalue weighted by atomic mass is 35.5. The van der Waals surface area contributed by atoms with Gasteiger partial charge < -0.3 is 15.7 Å². The lowest BCUT2D eigenvalue weighted by Gasteiger charge is -2.14. The van der Waals surface area contributed by atoms with Crippen molar-refractivity contribution in [1.29, 1.82) is 0 Å². The zero-order chi connectivity index (χ0) is 17.8. The van der Waals surface area contributed by atoms with E-state index in [9.17, 15) is 5.11 Å². The number of nitrogens with one attached hydrogen (secondary N) is 2. The second kappa shape index (κ2) is 8.90. The van der Waals surface area contributed by atoms with Crippen LogP contribution in [0.1, 0.15) is 12.5 Å². The average molecular weight is 390 g/mol. The summed E-state index contributed by atoms with van der Waals surface area (Å²) in [6, 6.07) is 13.2. The number of pyridine rings is 1. The molecule has 3 rings (SSSR count). The van der Waals surface area contributed by atoms with Gasteiger partial charge in [0.25, 0.3) is 0 Å². The minimum atomic E-state index is 0. The fourth-order valence-electron chi connectivity index (χ4n) is 2.54. The Hall–Kier alpha value is -2.27. The summed E-state index contributed by atoms with van der Waals surface area (Å²) in [5, 5.41) is 18.4. The van der Waals surface area contributed by atoms with Crippen molar-refractivity contribution in [3.63, 3.8) is 0 Å². The maximum atomic E-state index is 10.1. The fourth-order valence-corrected chi connectivity index (χ4v) is 2.71. The molecule has 0 fully saturated rings. The first-order valence-electron chi connectivity index (χ1n) is 8.06. The van der Waals surface area contributed by atoms with Gasteiger partial charge in [-0.2, -0.15) is 0 Å². The van der Waals surface area contributed by atoms with Crippen molar-refractivity contribution in [1.82, 2.24) is 10.3 Å². The molecule has 3 aromatic rings. The lowest BCUT2D eigenvalue weighted by atomic mass is 10.1. The standard InChI is InChI=1S/C20H20ClN3O.ClH/c1-3-13(2)23-12-14-10-16(5-7-20(14)25)24-18-8-9-22-19-11-15(21)4-6-17(18)19;/h3-11,13,23,25H,1,12H2,2H3,(H,22,24);1H. The molecule has 136 valence electrons. The van der Waals surface area contributed by atoms with E-state index >= 15 is 0 Å². The number of phenols is 1. The van der Waals surface area contributed by atoms with Crippen LogP contribution < -0.4 is 10.6 Å². The SMILES string of the molecule is C=CC(C)NCc1cc(Nc2ccnc3cc(Cl)ccc23)ccc1O.Cl. The molecule has 1 heterocycles. The summed E-state index contributed by atoms with van der Waals surface area (Å²) in [6.45, 7) is 6.32. The smallest absolute Gasteiger partial charge is 0.120 e. The highest BCUT2D eigenvalue weighted by molar-refractivity contribution is 6.31. The van der Waals surface area contributed by atoms with Crippen LogP contribution in [0.4, 0.5) is 11.4 Å². The number of aromatic hydroxyl groups is 1. The first-order chi connectivity index (χ1) is 12.1. The van der Waals surface area contributed by atoms with Crippen LogP contribution >= 0.6 is 24.0 Å². The van der Waals surface area contributed by atoms with Crippen molar-refractivity contribution in [2.75, 3.05) is 5.32 Å². The van der Waals surface area contributed by atoms with Gasteiger partial charge >= 0.3 is 0 Å². The third-order valence-electron chi connectivity index (χ3n) is 4.03. The Morgan fingerprint density at radius 3 is 2.81 bits per heavy atom. The van der Waals surface area contributed by atoms with Crippen LogP contribution in [0.25, 0.3) is 10.9 Å². The van der Waals surface area contributed by atoms with Crippen LogP contribution in [0.15, 0.2) is 61.3 Å². The molecule has 1 aromatic heterocycles. The Morgan fingerprint density at radius 2 is 2.04 bits per heavy atom. The number of anilines is 2. The molecule has 0 radical (unpaired) electrons. The summed E-state index contributed by atoms with van der Waals surface area (Å²) in [6.07, 6.45) is 3.57. The molecule has 4 nitrogen and oxygen atoms in total. The van der Waals surface area contributed by atoms with E-state index in [0.717, 1.165) is 27.8 Å². The number of nitrogens with zero attached hydrogens (tertiary/aromatic N) is 1. The lowest BCUT2D eigenvalue weighted by Crippen LogP contribution is -2.22. The van der Waals surface area contributed by atoms with E-state index in [2.05, 4.69) is 22.2 Å². The number of fused-ring (bicyclic) bond motifs is 1. The fraction of sp³-hybridized carbons (Fsp3) is 0.150. The van der Waals surface area contributed by atoms with Crippen LogP contribution in [0.3, 0.4) is 0 Å². The van der Waals surface area contributed by atoms with Crippen molar-refractivity contribution >= 4 is 46.3 Å². The molecule has 0 amide bonds. The lowest BCUT2D eigenvalue weighted by molar-refractivity contribution is 0.463. The van der Waals surface area contributed by atoms with Gasteiger partial charge in [0.1, 0.15) is 5.75 Å². The average Bonchev–Trinajstić information content (AvgIpc) is 2.61. The summed E-state index contributed by atoms with van der Waals surface area (Å²) in [7, 11) is 0. The molecule has 1 atom stereocenters. The molecule has 3 N–H and O–H groups in total. The van der Waals surface area contributed by atoms with Crippen LogP contribution in [0.2, 0.25) is 5.02 Å². The van der Waals surface area contributed by atoms with E-state index in [1.807, 2.05) is 49.4 Å². The second-order valence-electron chi connectivity index (χ2n) is 5.89. The second-order valence-corrected chi connectivity index (χ2v) is 6.33. The first-order valence-corrected chi connectivity index (χ1v) is 8.44. The Morgan fingerprint density at radius 1 is 1.23 bits per heavy atom. The van der Waals surface area contributed by atoms with Gasteiger partial charge in [-0.25, -0.2) is 0 Å². The number of hydrogen-bond acceptors (Lipinski definition) is 4. The maximum absolute atomic E-state index is 10.1. The molecule has 1 unspecified atom stereocenters. The van der Waals surface area contributed by atoms with Gasteiger partial charge in [-0.3, -0.25) is 4.98 Å². The number of rotatable bonds is 6. The zero-order valence-corrected chi connectivity index (χ0v) is 15.9. The summed E-state index contributed by atoms with van der Waals surface area (Å²) < 4.78 is 0. The highest BCUT2D eigenvalue weighted by Crippen LogP contribution is 2.29. The van der Waals surface area contributed by atoms with Gasteiger partial charge in [0.05, 0.1) is 5.52 Å². The Labute approximate surface area is 164 Å². The summed E-state index contributed by atoms with van der Waals surface area (Å²) in [5.41, 5.74) is 3.48. The van der Waals surface area contributed by atoms with Gasteiger partial charge in [0.2, 0.25) is 0 Å². The molecule has 0 saturated heterocycles. The van der Waals surface area contributed by atoms with Gasteiger partial charge in [0.15, 0.2) is 0 Å². The molecule has 0 aliphatic rings. The molecule has 2 aromatic carbocycles. The number of benzene rings is 2. The van der Waals surface area contributed by atoms with Crippen LogP contribution in [0.5, 0.6) is 5.75 Å². The monoisotopic (exact) mass is 389 g/mol. The van der Waals surface area contributed by atoms with Gasteiger partial charge in [0, 0.05) is 46.1 Å². The quantitative estimate of drug-likeness (QED) is 0.388. The predicted molar refractivity (Wildman–Crippen MR) is 112 cm³/mol. The minimum Gasteiger partial charge on any atom is -0.508 e. The molecule has 0 saturated carbocycles. The third kappa shape index (κ3) is 4.67. The van der Waals surface area contributed by atoms with E-state index in [1.54, 1.807) is 12.3 Å². The predicted octanol–water partition coefficient (Wildman–Crippen LogP) is 5.42. The van der Waals surface area contributed by atoms with Crippen molar-refractivity contribution in [2.24, 2.45) is 0 Å². The number of phenolic OH excluding ortho intramolecular Hbond substituents is 1. The summed E-state index contributed by atoms with van der Waals surface area (Å²) >= 11 is 6.04. The normalized spacial score (nSPS) is 11.6. The Kier molecular flexibility index (Phi) is 6.86. The van der Waals surface area contributed by atoms with Gasteiger partial charge in [-0.15, -0.1) is 19.0 Å². The number of aromatic nitrogens is 1. The van der Waals surface area contributed by atoms with Crippen LogP contribution in [-0.4, -0.2) is 16.1 Å². The van der Waals surface area contributed by atoms with Crippen LogP contribution in [0, 0.1) is 0 Å². The van der Waals surface area contributed by atoms with Crippen molar-refractivity contribution in [3.8, 4) is 5.75 Å². The molecule has 6 heteroatoms. The first kappa shape index (κ1) is 20.0. The highest BCUT2D eigenvalue weighted by Gasteiger charge is 2.07.